The molecule has 0 aliphatic rings. The molecule has 0 aliphatic carbocycles. The van der Waals surface area contributed by atoms with Crippen molar-refractivity contribution in [2.24, 2.45) is 0 Å². The molecule has 0 bridgehead atoms. The number of carboxylic acid groups (broad SMARTS) is 1. The van der Waals surface area contributed by atoms with Crippen molar-refractivity contribution in [3.8, 4) is 0 Å². The maximum atomic E-state index is 11.7. The Morgan fingerprint density at radius 2 is 1.42 bits per heavy atom. The molecule has 0 aromatic heterocycles. The van der Waals surface area contributed by atoms with Crippen LogP contribution in [0.2, 0.25) is 0 Å². The van der Waals surface area contributed by atoms with Gasteiger partial charge in [-0.1, -0.05) is 70.1 Å². The van der Waals surface area contributed by atoms with E-state index < -0.39 is 18.1 Å². The first-order valence-corrected chi connectivity index (χ1v) is 8.81. The molecule has 0 saturated heterocycles. The fraction of sp³-hybridized carbons (Fsp3) is 0.579. The summed E-state index contributed by atoms with van der Waals surface area (Å²) >= 11 is 0. The van der Waals surface area contributed by atoms with Crippen LogP contribution >= 0.6 is 0 Å². The Morgan fingerprint density at radius 1 is 0.923 bits per heavy atom. The zero-order valence-corrected chi connectivity index (χ0v) is 15.1. The van der Waals surface area contributed by atoms with Crippen LogP contribution in [0.5, 0.6) is 0 Å². The van der Waals surface area contributed by atoms with Crippen molar-refractivity contribution >= 4 is 11.9 Å². The fourth-order valence-corrected chi connectivity index (χ4v) is 2.06. The molecule has 1 aromatic carbocycles. The number of alkyl halides is 3. The van der Waals surface area contributed by atoms with Crippen LogP contribution in [0.15, 0.2) is 30.3 Å². The number of rotatable bonds is 10. The van der Waals surface area contributed by atoms with Crippen LogP contribution in [0.1, 0.15) is 68.6 Å². The predicted octanol–water partition coefficient (Wildman–Crippen LogP) is 5.62. The minimum atomic E-state index is -4.86. The van der Waals surface area contributed by atoms with Crippen molar-refractivity contribution in [2.75, 3.05) is 6.61 Å². The molecule has 4 nitrogen and oxygen atoms in total. The number of carboxylic acids is 1. The first kappa shape index (κ1) is 23.9. The second-order valence-electron chi connectivity index (χ2n) is 5.78. The van der Waals surface area contributed by atoms with E-state index in [0.717, 1.165) is 19.3 Å². The standard InChI is InChI=1S/C12H21F3O2.C7H6O2/c1-2-3-4-5-6-7-8-9-10-17-11(16)12(13,14)15;8-7(9)6-4-2-1-3-5-6/h2-10H2,1H3;1-5H,(H,8,9). The normalized spacial score (nSPS) is 10.6. The van der Waals surface area contributed by atoms with Gasteiger partial charge in [-0.15, -0.1) is 0 Å². The lowest BCUT2D eigenvalue weighted by Crippen LogP contribution is -2.25. The Labute approximate surface area is 152 Å². The number of aromatic carboxylic acids is 1. The summed E-state index contributed by atoms with van der Waals surface area (Å²) in [6.45, 7) is 2.02. The van der Waals surface area contributed by atoms with Crippen molar-refractivity contribution < 1.29 is 32.6 Å². The molecule has 26 heavy (non-hydrogen) atoms. The highest BCUT2D eigenvalue weighted by molar-refractivity contribution is 5.87. The number of benzene rings is 1. The molecule has 7 heteroatoms. The molecule has 0 amide bonds. The second kappa shape index (κ2) is 14.2. The van der Waals surface area contributed by atoms with Crippen LogP contribution in [0.4, 0.5) is 13.2 Å². The molecule has 0 heterocycles. The molecule has 148 valence electrons. The molecule has 1 N–H and O–H groups in total. The van der Waals surface area contributed by atoms with E-state index in [-0.39, 0.29) is 6.61 Å². The molecule has 0 aliphatic heterocycles. The van der Waals surface area contributed by atoms with Gasteiger partial charge >= 0.3 is 18.1 Å². The van der Waals surface area contributed by atoms with E-state index in [1.54, 1.807) is 30.3 Å². The molecule has 0 spiro atoms. The predicted molar refractivity (Wildman–Crippen MR) is 93.0 cm³/mol. The van der Waals surface area contributed by atoms with Gasteiger partial charge in [-0.3, -0.25) is 0 Å². The second-order valence-corrected chi connectivity index (χ2v) is 5.78. The summed E-state index contributed by atoms with van der Waals surface area (Å²) in [6, 6.07) is 8.30. The third-order valence-electron chi connectivity index (χ3n) is 3.48. The van der Waals surface area contributed by atoms with Crippen molar-refractivity contribution in [1.82, 2.24) is 0 Å². The fourth-order valence-electron chi connectivity index (χ4n) is 2.06. The van der Waals surface area contributed by atoms with Gasteiger partial charge in [0.05, 0.1) is 12.2 Å². The maximum Gasteiger partial charge on any atom is 0.490 e. The van der Waals surface area contributed by atoms with Crippen molar-refractivity contribution in [3.63, 3.8) is 0 Å². The number of carbonyl (C=O) groups excluding carboxylic acids is 1. The summed E-state index contributed by atoms with van der Waals surface area (Å²) in [5, 5.41) is 8.38. The summed E-state index contributed by atoms with van der Waals surface area (Å²) in [5.74, 6) is -2.96. The van der Waals surface area contributed by atoms with Crippen molar-refractivity contribution in [2.45, 2.75) is 64.5 Å². The lowest BCUT2D eigenvalue weighted by molar-refractivity contribution is -0.199. The van der Waals surface area contributed by atoms with Crippen LogP contribution < -0.4 is 0 Å². The molecule has 0 radical (unpaired) electrons. The minimum absolute atomic E-state index is 0.132. The number of hydrogen-bond donors (Lipinski definition) is 1. The molecule has 0 atom stereocenters. The number of unbranched alkanes of at least 4 members (excludes halogenated alkanes) is 7. The molecule has 1 rings (SSSR count). The number of halogens is 3. The van der Waals surface area contributed by atoms with E-state index in [9.17, 15) is 22.8 Å². The first-order valence-electron chi connectivity index (χ1n) is 8.81. The molecule has 1 aromatic rings. The molecular weight excluding hydrogens is 349 g/mol. The largest absolute Gasteiger partial charge is 0.490 e. The summed E-state index contributed by atoms with van der Waals surface area (Å²) in [4.78, 5) is 20.5. The highest BCUT2D eigenvalue weighted by atomic mass is 19.4. The number of carbonyl (C=O) groups is 2. The zero-order valence-electron chi connectivity index (χ0n) is 15.1. The summed E-state index contributed by atoms with van der Waals surface area (Å²) < 4.78 is 39.3. The maximum absolute atomic E-state index is 11.7. The van der Waals surface area contributed by atoms with Gasteiger partial charge in [0.15, 0.2) is 0 Å². The van der Waals surface area contributed by atoms with E-state index >= 15 is 0 Å². The van der Waals surface area contributed by atoms with Gasteiger partial charge in [0.25, 0.3) is 0 Å². The van der Waals surface area contributed by atoms with Crippen LogP contribution in [-0.4, -0.2) is 29.8 Å². The van der Waals surface area contributed by atoms with Crippen LogP contribution in [0.3, 0.4) is 0 Å². The van der Waals surface area contributed by atoms with E-state index in [4.69, 9.17) is 5.11 Å². The average Bonchev–Trinajstić information content (AvgIpc) is 2.60. The topological polar surface area (TPSA) is 63.6 Å². The smallest absolute Gasteiger partial charge is 0.478 e. The summed E-state index contributed by atoms with van der Waals surface area (Å²) in [7, 11) is 0. The van der Waals surface area contributed by atoms with E-state index in [2.05, 4.69) is 11.7 Å². The van der Waals surface area contributed by atoms with Crippen LogP contribution in [0, 0.1) is 0 Å². The van der Waals surface area contributed by atoms with Gasteiger partial charge in [0.1, 0.15) is 0 Å². The summed E-state index contributed by atoms with van der Waals surface area (Å²) in [5.41, 5.74) is 0.331. The number of esters is 1. The molecular formula is C19H27F3O4. The Balaban J connectivity index is 0.000000577. The minimum Gasteiger partial charge on any atom is -0.478 e. The van der Waals surface area contributed by atoms with Crippen LogP contribution in [-0.2, 0) is 9.53 Å². The monoisotopic (exact) mass is 376 g/mol. The Bertz CT molecular complexity index is 501. The van der Waals surface area contributed by atoms with Gasteiger partial charge in [0, 0.05) is 0 Å². The lowest BCUT2D eigenvalue weighted by Gasteiger charge is -2.06. The average molecular weight is 376 g/mol. The van der Waals surface area contributed by atoms with E-state index in [0.29, 0.717) is 12.0 Å². The Morgan fingerprint density at radius 3 is 1.85 bits per heavy atom. The highest BCUT2D eigenvalue weighted by Crippen LogP contribution is 2.16. The molecule has 0 fully saturated rings. The SMILES string of the molecule is CCCCCCCCCCOC(=O)C(F)(F)F.O=C(O)c1ccccc1. The molecule has 0 saturated carbocycles. The van der Waals surface area contributed by atoms with Gasteiger partial charge in [-0.05, 0) is 18.6 Å². The van der Waals surface area contributed by atoms with Gasteiger partial charge in [-0.25, -0.2) is 9.59 Å². The third-order valence-corrected chi connectivity index (χ3v) is 3.48. The molecule has 0 unspecified atom stereocenters. The highest BCUT2D eigenvalue weighted by Gasteiger charge is 2.40. The van der Waals surface area contributed by atoms with Crippen molar-refractivity contribution in [1.29, 1.82) is 0 Å². The van der Waals surface area contributed by atoms with Gasteiger partial charge < -0.3 is 9.84 Å². The first-order chi connectivity index (χ1) is 12.3. The van der Waals surface area contributed by atoms with Gasteiger partial charge in [-0.2, -0.15) is 13.2 Å². The summed E-state index contributed by atoms with van der Waals surface area (Å²) in [6.07, 6.45) is 3.40. The third kappa shape index (κ3) is 13.3. The zero-order chi connectivity index (χ0) is 19.8. The van der Waals surface area contributed by atoms with E-state index in [1.165, 1.54) is 25.7 Å². The van der Waals surface area contributed by atoms with E-state index in [1.807, 2.05) is 0 Å². The number of hydrogen-bond acceptors (Lipinski definition) is 3. The van der Waals surface area contributed by atoms with Crippen LogP contribution in [0.25, 0.3) is 0 Å². The van der Waals surface area contributed by atoms with Gasteiger partial charge in [0.2, 0.25) is 0 Å². The Hall–Kier alpha value is -2.05. The number of ether oxygens (including phenoxy) is 1. The van der Waals surface area contributed by atoms with Crippen molar-refractivity contribution in [3.05, 3.63) is 35.9 Å². The quantitative estimate of drug-likeness (QED) is 0.425. The lowest BCUT2D eigenvalue weighted by atomic mass is 10.1. The Kier molecular flexibility index (Phi) is 13.0.